The number of thiophene rings is 1. The van der Waals surface area contributed by atoms with Crippen molar-refractivity contribution in [2.75, 3.05) is 39.1 Å². The van der Waals surface area contributed by atoms with Crippen molar-refractivity contribution in [2.45, 2.75) is 42.9 Å². The quantitative estimate of drug-likeness (QED) is 0.380. The minimum atomic E-state index is -0.591. The zero-order valence-electron chi connectivity index (χ0n) is 19.5. The Kier molecular flexibility index (Phi) is 8.30. The first-order valence-corrected chi connectivity index (χ1v) is 13.5. The Balaban J connectivity index is 1.35. The van der Waals surface area contributed by atoms with E-state index < -0.39 is 6.10 Å². The molecule has 4 rings (SSSR count). The SMILES string of the molecule is COc1ccc2ncc(C)c([C@@H](O)CCC3(CO)CCN(CCSc4cccs4)CC3)c2c1. The molecular formula is C26H34N2O3S2. The van der Waals surface area contributed by atoms with Gasteiger partial charge in [0, 0.05) is 30.5 Å². The highest BCUT2D eigenvalue weighted by atomic mass is 32.2. The van der Waals surface area contributed by atoms with Crippen LogP contribution in [0.15, 0.2) is 46.1 Å². The summed E-state index contributed by atoms with van der Waals surface area (Å²) in [5, 5.41) is 24.5. The van der Waals surface area contributed by atoms with E-state index in [2.05, 4.69) is 27.4 Å². The van der Waals surface area contributed by atoms with Crippen LogP contribution >= 0.6 is 23.1 Å². The molecule has 1 aliphatic rings. The summed E-state index contributed by atoms with van der Waals surface area (Å²) >= 11 is 3.72. The molecule has 1 atom stereocenters. The first kappa shape index (κ1) is 24.5. The van der Waals surface area contributed by atoms with Gasteiger partial charge in [-0.25, -0.2) is 0 Å². The third kappa shape index (κ3) is 5.89. The van der Waals surface area contributed by atoms with Gasteiger partial charge in [-0.1, -0.05) is 6.07 Å². The molecule has 0 spiro atoms. The van der Waals surface area contributed by atoms with Gasteiger partial charge >= 0.3 is 0 Å². The van der Waals surface area contributed by atoms with Crippen LogP contribution in [0.2, 0.25) is 0 Å². The van der Waals surface area contributed by atoms with Crippen molar-refractivity contribution in [3.8, 4) is 5.75 Å². The summed E-state index contributed by atoms with van der Waals surface area (Å²) in [6.07, 6.45) is 4.64. The number of pyridine rings is 1. The van der Waals surface area contributed by atoms with Crippen molar-refractivity contribution in [1.29, 1.82) is 0 Å². The van der Waals surface area contributed by atoms with Crippen molar-refractivity contribution in [3.05, 3.63) is 53.0 Å². The lowest BCUT2D eigenvalue weighted by Crippen LogP contribution is -2.43. The van der Waals surface area contributed by atoms with Crippen LogP contribution in [0, 0.1) is 12.3 Å². The van der Waals surface area contributed by atoms with Crippen molar-refractivity contribution in [2.24, 2.45) is 5.41 Å². The number of thioether (sulfide) groups is 1. The number of benzene rings is 1. The number of hydrogen-bond donors (Lipinski definition) is 2. The summed E-state index contributed by atoms with van der Waals surface area (Å²) in [5.74, 6) is 1.86. The molecule has 1 fully saturated rings. The van der Waals surface area contributed by atoms with E-state index in [9.17, 15) is 10.2 Å². The van der Waals surface area contributed by atoms with E-state index in [0.29, 0.717) is 6.42 Å². The van der Waals surface area contributed by atoms with E-state index in [4.69, 9.17) is 4.74 Å². The van der Waals surface area contributed by atoms with Gasteiger partial charge in [0.1, 0.15) is 5.75 Å². The Morgan fingerprint density at radius 1 is 1.27 bits per heavy atom. The maximum atomic E-state index is 11.2. The number of methoxy groups -OCH3 is 1. The summed E-state index contributed by atoms with van der Waals surface area (Å²) in [6.45, 7) is 5.28. The highest BCUT2D eigenvalue weighted by molar-refractivity contribution is 8.01. The second-order valence-corrected chi connectivity index (χ2v) is 11.4. The number of aryl methyl sites for hydroxylation is 1. The van der Waals surface area contributed by atoms with E-state index in [-0.39, 0.29) is 12.0 Å². The van der Waals surface area contributed by atoms with Crippen molar-refractivity contribution in [1.82, 2.24) is 9.88 Å². The van der Waals surface area contributed by atoms with Gasteiger partial charge in [-0.3, -0.25) is 4.98 Å². The fraction of sp³-hybridized carbons (Fsp3) is 0.500. The number of nitrogens with zero attached hydrogens (tertiary/aromatic N) is 2. The maximum absolute atomic E-state index is 11.2. The Hall–Kier alpha value is -1.64. The summed E-state index contributed by atoms with van der Waals surface area (Å²) in [4.78, 5) is 7.03. The number of aromatic nitrogens is 1. The number of hydrogen-bond acceptors (Lipinski definition) is 7. The highest BCUT2D eigenvalue weighted by Gasteiger charge is 2.34. The predicted molar refractivity (Wildman–Crippen MR) is 137 cm³/mol. The Bertz CT molecular complexity index is 1030. The molecule has 3 aromatic rings. The van der Waals surface area contributed by atoms with Crippen LogP contribution in [0.3, 0.4) is 0 Å². The van der Waals surface area contributed by atoms with Crippen LogP contribution in [0.1, 0.15) is 42.9 Å². The standard InChI is InChI=1S/C26H34N2O3S2/c1-19-17-27-22-6-5-20(31-2)16-21(22)25(19)23(30)7-8-26(18-29)9-11-28(12-10-26)13-15-33-24-4-3-14-32-24/h3-6,14,16-17,23,29-30H,7-13,15,18H2,1-2H3/t23-/m0/s1. The number of rotatable bonds is 10. The average molecular weight is 487 g/mol. The van der Waals surface area contributed by atoms with E-state index >= 15 is 0 Å². The highest BCUT2D eigenvalue weighted by Crippen LogP contribution is 2.39. The smallest absolute Gasteiger partial charge is 0.119 e. The summed E-state index contributed by atoms with van der Waals surface area (Å²) in [5.41, 5.74) is 2.67. The molecule has 1 aromatic carbocycles. The van der Waals surface area contributed by atoms with Gasteiger partial charge in [0.25, 0.3) is 0 Å². The van der Waals surface area contributed by atoms with Gasteiger partial charge in [-0.15, -0.1) is 23.1 Å². The second-order valence-electron chi connectivity index (χ2n) is 9.07. The number of ether oxygens (including phenoxy) is 1. The average Bonchev–Trinajstić information content (AvgIpc) is 3.36. The van der Waals surface area contributed by atoms with Crippen molar-refractivity contribution < 1.29 is 14.9 Å². The second kappa shape index (κ2) is 11.2. The summed E-state index contributed by atoms with van der Waals surface area (Å²) < 4.78 is 6.77. The number of likely N-dealkylation sites (tertiary alicyclic amines) is 1. The number of aliphatic hydroxyl groups excluding tert-OH is 2. The number of aliphatic hydroxyl groups is 2. The number of fused-ring (bicyclic) bond motifs is 1. The van der Waals surface area contributed by atoms with Gasteiger partial charge in [-0.05, 0) is 91.9 Å². The van der Waals surface area contributed by atoms with Gasteiger partial charge in [0.2, 0.25) is 0 Å². The lowest BCUT2D eigenvalue weighted by Gasteiger charge is -2.41. The summed E-state index contributed by atoms with van der Waals surface area (Å²) in [6, 6.07) is 10.1. The molecule has 0 bridgehead atoms. The molecule has 5 nitrogen and oxygen atoms in total. The zero-order valence-corrected chi connectivity index (χ0v) is 21.1. The molecule has 2 aromatic heterocycles. The van der Waals surface area contributed by atoms with Crippen LogP contribution in [0.25, 0.3) is 10.9 Å². The molecule has 0 aliphatic carbocycles. The van der Waals surface area contributed by atoms with Crippen LogP contribution in [-0.2, 0) is 0 Å². The lowest BCUT2D eigenvalue weighted by atomic mass is 9.74. The first-order valence-electron chi connectivity index (χ1n) is 11.6. The monoisotopic (exact) mass is 486 g/mol. The van der Waals surface area contributed by atoms with Gasteiger partial charge in [0.05, 0.1) is 22.9 Å². The Morgan fingerprint density at radius 3 is 2.79 bits per heavy atom. The fourth-order valence-electron chi connectivity index (χ4n) is 4.81. The van der Waals surface area contributed by atoms with Gasteiger partial charge < -0.3 is 19.8 Å². The molecule has 0 saturated carbocycles. The van der Waals surface area contributed by atoms with Crippen molar-refractivity contribution >= 4 is 34.0 Å². The van der Waals surface area contributed by atoms with Crippen LogP contribution in [0.4, 0.5) is 0 Å². The molecule has 1 saturated heterocycles. The van der Waals surface area contributed by atoms with Crippen LogP contribution in [0.5, 0.6) is 5.75 Å². The lowest BCUT2D eigenvalue weighted by molar-refractivity contribution is 0.0254. The Morgan fingerprint density at radius 2 is 2.09 bits per heavy atom. The minimum Gasteiger partial charge on any atom is -0.497 e. The van der Waals surface area contributed by atoms with E-state index in [0.717, 1.165) is 72.4 Å². The largest absolute Gasteiger partial charge is 0.497 e. The predicted octanol–water partition coefficient (Wildman–Crippen LogP) is 5.29. The van der Waals surface area contributed by atoms with Crippen LogP contribution < -0.4 is 4.74 Å². The van der Waals surface area contributed by atoms with E-state index in [1.54, 1.807) is 18.4 Å². The van der Waals surface area contributed by atoms with Gasteiger partial charge in [0.15, 0.2) is 0 Å². The maximum Gasteiger partial charge on any atom is 0.119 e. The molecule has 0 unspecified atom stereocenters. The molecule has 2 N–H and O–H groups in total. The molecule has 178 valence electrons. The third-order valence-corrected chi connectivity index (χ3v) is 9.11. The molecule has 7 heteroatoms. The molecule has 0 radical (unpaired) electrons. The number of piperidine rings is 1. The molecule has 33 heavy (non-hydrogen) atoms. The van der Waals surface area contributed by atoms with Gasteiger partial charge in [-0.2, -0.15) is 0 Å². The van der Waals surface area contributed by atoms with Crippen molar-refractivity contribution in [3.63, 3.8) is 0 Å². The van der Waals surface area contributed by atoms with E-state index in [1.807, 2.05) is 43.1 Å². The van der Waals surface area contributed by atoms with E-state index in [1.165, 1.54) is 4.21 Å². The molecular weight excluding hydrogens is 452 g/mol. The molecule has 1 aliphatic heterocycles. The minimum absolute atomic E-state index is 0.104. The zero-order chi connectivity index (χ0) is 23.3. The Labute approximate surface area is 204 Å². The first-order chi connectivity index (χ1) is 16.0. The topological polar surface area (TPSA) is 65.8 Å². The molecule has 3 heterocycles. The summed E-state index contributed by atoms with van der Waals surface area (Å²) in [7, 11) is 1.65. The molecule has 0 amide bonds. The van der Waals surface area contributed by atoms with Crippen LogP contribution in [-0.4, -0.2) is 59.2 Å². The third-order valence-electron chi connectivity index (χ3n) is 7.00. The fourth-order valence-corrected chi connectivity index (χ4v) is 6.67. The normalized spacial score (nSPS) is 17.3.